The van der Waals surface area contributed by atoms with E-state index in [1.807, 2.05) is 23.9 Å². The average molecular weight is 247 g/mol. The standard InChI is InChI=1S/C9H14N2O4S/c1-3-10-6-7-11(4-2)9(10)5-8-15-16(12,13)14/h3,6-7H,1,4-5,8H2,2H3/p+1. The van der Waals surface area contributed by atoms with Crippen molar-refractivity contribution in [3.8, 4) is 0 Å². The zero-order valence-electron chi connectivity index (χ0n) is 9.04. The van der Waals surface area contributed by atoms with Gasteiger partial charge in [0.2, 0.25) is 0 Å². The van der Waals surface area contributed by atoms with Gasteiger partial charge in [-0.2, -0.15) is 8.42 Å². The smallest absolute Gasteiger partial charge is 0.264 e. The molecule has 0 saturated carbocycles. The highest BCUT2D eigenvalue weighted by atomic mass is 32.3. The van der Waals surface area contributed by atoms with Gasteiger partial charge in [0.15, 0.2) is 0 Å². The molecular formula is C9H15N2O4S+. The Labute approximate surface area is 94.7 Å². The molecule has 0 atom stereocenters. The van der Waals surface area contributed by atoms with Crippen molar-refractivity contribution in [3.05, 3.63) is 24.8 Å². The number of aromatic nitrogens is 2. The van der Waals surface area contributed by atoms with Crippen LogP contribution in [-0.4, -0.2) is 24.1 Å². The Hall–Kier alpha value is -1.18. The minimum Gasteiger partial charge on any atom is -0.264 e. The monoisotopic (exact) mass is 247 g/mol. The van der Waals surface area contributed by atoms with Gasteiger partial charge in [0.25, 0.3) is 5.82 Å². The summed E-state index contributed by atoms with van der Waals surface area (Å²) in [5.74, 6) is 0.862. The molecule has 6 nitrogen and oxygen atoms in total. The molecule has 0 amide bonds. The highest BCUT2D eigenvalue weighted by Gasteiger charge is 2.15. The van der Waals surface area contributed by atoms with Crippen LogP contribution in [0.1, 0.15) is 12.7 Å². The van der Waals surface area contributed by atoms with E-state index in [-0.39, 0.29) is 6.61 Å². The van der Waals surface area contributed by atoms with Crippen molar-refractivity contribution < 1.29 is 21.7 Å². The lowest BCUT2D eigenvalue weighted by Crippen LogP contribution is -2.36. The summed E-state index contributed by atoms with van der Waals surface area (Å²) >= 11 is 0. The third-order valence-corrected chi connectivity index (χ3v) is 2.60. The van der Waals surface area contributed by atoms with Crippen LogP contribution in [0.25, 0.3) is 6.20 Å². The number of rotatable bonds is 6. The molecular weight excluding hydrogens is 232 g/mol. The molecule has 0 unspecified atom stereocenters. The van der Waals surface area contributed by atoms with Crippen molar-refractivity contribution in [2.75, 3.05) is 6.61 Å². The number of aryl methyl sites for hydroxylation is 1. The summed E-state index contributed by atoms with van der Waals surface area (Å²) in [4.78, 5) is 0. The lowest BCUT2D eigenvalue weighted by molar-refractivity contribution is -0.700. The summed E-state index contributed by atoms with van der Waals surface area (Å²) in [5.41, 5.74) is 0. The first kappa shape index (κ1) is 12.9. The molecule has 0 aliphatic rings. The first-order valence-electron chi connectivity index (χ1n) is 4.81. The molecule has 90 valence electrons. The van der Waals surface area contributed by atoms with Gasteiger partial charge < -0.3 is 0 Å². The van der Waals surface area contributed by atoms with Crippen molar-refractivity contribution in [2.24, 2.45) is 0 Å². The Balaban J connectivity index is 2.72. The summed E-state index contributed by atoms with van der Waals surface area (Å²) in [6.45, 7) is 6.28. The van der Waals surface area contributed by atoms with E-state index in [0.29, 0.717) is 6.42 Å². The fraction of sp³-hybridized carbons (Fsp3) is 0.444. The lowest BCUT2D eigenvalue weighted by Gasteiger charge is -2.00. The maximum absolute atomic E-state index is 10.4. The van der Waals surface area contributed by atoms with Gasteiger partial charge in [0, 0.05) is 0 Å². The molecule has 1 heterocycles. The fourth-order valence-corrected chi connectivity index (χ4v) is 1.73. The Bertz CT molecular complexity index is 464. The Morgan fingerprint density at radius 3 is 2.88 bits per heavy atom. The second-order valence-corrected chi connectivity index (χ2v) is 4.18. The number of imidazole rings is 1. The molecule has 0 aliphatic heterocycles. The largest absolute Gasteiger partial charge is 0.397 e. The van der Waals surface area contributed by atoms with Gasteiger partial charge in [-0.1, -0.05) is 6.58 Å². The normalized spacial score (nSPS) is 11.6. The quantitative estimate of drug-likeness (QED) is 0.578. The molecule has 1 rings (SSSR count). The van der Waals surface area contributed by atoms with E-state index < -0.39 is 10.4 Å². The van der Waals surface area contributed by atoms with Crippen molar-refractivity contribution in [3.63, 3.8) is 0 Å². The van der Waals surface area contributed by atoms with Crippen LogP contribution < -0.4 is 4.57 Å². The maximum Gasteiger partial charge on any atom is 0.397 e. The predicted molar refractivity (Wildman–Crippen MR) is 57.9 cm³/mol. The second kappa shape index (κ2) is 5.24. The minimum atomic E-state index is -4.36. The Kier molecular flexibility index (Phi) is 4.22. The summed E-state index contributed by atoms with van der Waals surface area (Å²) in [5, 5.41) is 0. The van der Waals surface area contributed by atoms with Crippen LogP contribution in [0.5, 0.6) is 0 Å². The second-order valence-electron chi connectivity index (χ2n) is 3.09. The van der Waals surface area contributed by atoms with E-state index >= 15 is 0 Å². The molecule has 1 aromatic heterocycles. The molecule has 0 bridgehead atoms. The number of hydrogen-bond acceptors (Lipinski definition) is 3. The van der Waals surface area contributed by atoms with Gasteiger partial charge in [0.05, 0.1) is 25.8 Å². The van der Waals surface area contributed by atoms with E-state index in [0.717, 1.165) is 12.4 Å². The summed E-state index contributed by atoms with van der Waals surface area (Å²) in [6.07, 6.45) is 5.67. The van der Waals surface area contributed by atoms with Crippen molar-refractivity contribution in [2.45, 2.75) is 19.9 Å². The molecule has 0 aromatic carbocycles. The Morgan fingerprint density at radius 1 is 1.69 bits per heavy atom. The van der Waals surface area contributed by atoms with E-state index in [2.05, 4.69) is 10.8 Å². The van der Waals surface area contributed by atoms with Crippen LogP contribution >= 0.6 is 0 Å². The van der Waals surface area contributed by atoms with Crippen molar-refractivity contribution in [1.82, 2.24) is 4.57 Å². The van der Waals surface area contributed by atoms with Gasteiger partial charge in [-0.15, -0.1) is 0 Å². The molecule has 0 aliphatic carbocycles. The van der Waals surface area contributed by atoms with Crippen LogP contribution in [0.2, 0.25) is 0 Å². The molecule has 16 heavy (non-hydrogen) atoms. The highest BCUT2D eigenvalue weighted by Crippen LogP contribution is 1.99. The van der Waals surface area contributed by atoms with Crippen LogP contribution in [0.15, 0.2) is 19.0 Å². The first-order chi connectivity index (χ1) is 7.48. The van der Waals surface area contributed by atoms with E-state index in [4.69, 9.17) is 4.55 Å². The van der Waals surface area contributed by atoms with E-state index in [9.17, 15) is 8.42 Å². The lowest BCUT2D eigenvalue weighted by atomic mass is 10.4. The summed E-state index contributed by atoms with van der Waals surface area (Å²) in [7, 11) is -4.36. The van der Waals surface area contributed by atoms with Crippen molar-refractivity contribution >= 4 is 16.6 Å². The Morgan fingerprint density at radius 2 is 2.38 bits per heavy atom. The topological polar surface area (TPSA) is 72.4 Å². The zero-order chi connectivity index (χ0) is 12.2. The third-order valence-electron chi connectivity index (χ3n) is 2.13. The van der Waals surface area contributed by atoms with Crippen molar-refractivity contribution in [1.29, 1.82) is 0 Å². The molecule has 0 saturated heterocycles. The van der Waals surface area contributed by atoms with Gasteiger partial charge in [0.1, 0.15) is 12.4 Å². The third kappa shape index (κ3) is 3.44. The number of hydrogen-bond donors (Lipinski definition) is 1. The van der Waals surface area contributed by atoms with E-state index in [1.54, 1.807) is 10.8 Å². The summed E-state index contributed by atoms with van der Waals surface area (Å²) in [6, 6.07) is 0. The number of nitrogens with zero attached hydrogens (tertiary/aromatic N) is 2. The van der Waals surface area contributed by atoms with Gasteiger partial charge in [-0.3, -0.25) is 4.55 Å². The SMILES string of the molecule is C=Cn1cc[n+](CC)c1CCOS(=O)(=O)O. The van der Waals surface area contributed by atoms with Crippen LogP contribution in [-0.2, 0) is 27.5 Å². The van der Waals surface area contributed by atoms with Gasteiger partial charge in [-0.25, -0.2) is 13.3 Å². The van der Waals surface area contributed by atoms with Crippen LogP contribution in [0.3, 0.4) is 0 Å². The molecule has 1 aromatic rings. The predicted octanol–water partition coefficient (Wildman–Crippen LogP) is 0.258. The fourth-order valence-electron chi connectivity index (χ4n) is 1.44. The van der Waals surface area contributed by atoms with Gasteiger partial charge >= 0.3 is 10.4 Å². The molecule has 7 heteroatoms. The molecule has 0 fully saturated rings. The van der Waals surface area contributed by atoms with Crippen LogP contribution in [0, 0.1) is 0 Å². The first-order valence-corrected chi connectivity index (χ1v) is 6.18. The highest BCUT2D eigenvalue weighted by molar-refractivity contribution is 7.80. The maximum atomic E-state index is 10.4. The molecule has 0 spiro atoms. The zero-order valence-corrected chi connectivity index (χ0v) is 9.85. The minimum absolute atomic E-state index is 0.101. The van der Waals surface area contributed by atoms with E-state index in [1.165, 1.54) is 0 Å². The average Bonchev–Trinajstić information content (AvgIpc) is 2.58. The van der Waals surface area contributed by atoms with Gasteiger partial charge in [-0.05, 0) is 6.92 Å². The molecule has 1 N–H and O–H groups in total. The van der Waals surface area contributed by atoms with Crippen LogP contribution in [0.4, 0.5) is 0 Å². The molecule has 0 radical (unpaired) electrons. The summed E-state index contributed by atoms with van der Waals surface area (Å²) < 4.78 is 37.1.